The summed E-state index contributed by atoms with van der Waals surface area (Å²) in [5.41, 5.74) is 2.53. The highest BCUT2D eigenvalue weighted by Gasteiger charge is 2.56. The van der Waals surface area contributed by atoms with Crippen molar-refractivity contribution in [3.05, 3.63) is 28.8 Å². The number of aryl methyl sites for hydroxylation is 3. The Morgan fingerprint density at radius 2 is 1.78 bits per heavy atom. The van der Waals surface area contributed by atoms with E-state index in [1.54, 1.807) is 0 Å². The van der Waals surface area contributed by atoms with E-state index in [4.69, 9.17) is 4.74 Å². The molecule has 1 aromatic rings. The first-order chi connectivity index (χ1) is 14.8. The third-order valence-electron chi connectivity index (χ3n) is 6.22. The van der Waals surface area contributed by atoms with Crippen molar-refractivity contribution in [2.75, 3.05) is 18.5 Å². The lowest BCUT2D eigenvalue weighted by atomic mass is 9.64. The third-order valence-corrected chi connectivity index (χ3v) is 6.22. The van der Waals surface area contributed by atoms with Gasteiger partial charge in [0.15, 0.2) is 6.61 Å². The number of imide groups is 1. The molecule has 1 aliphatic heterocycles. The fraction of sp³-hybridized carbons (Fsp3) is 0.583. The quantitative estimate of drug-likeness (QED) is 0.537. The van der Waals surface area contributed by atoms with Crippen molar-refractivity contribution in [1.82, 2.24) is 10.2 Å². The third kappa shape index (κ3) is 4.95. The van der Waals surface area contributed by atoms with Crippen molar-refractivity contribution in [1.29, 1.82) is 0 Å². The lowest BCUT2D eigenvalue weighted by Gasteiger charge is -2.43. The minimum atomic E-state index is -0.976. The first-order valence-corrected chi connectivity index (χ1v) is 11.0. The second kappa shape index (κ2) is 8.56. The van der Waals surface area contributed by atoms with Gasteiger partial charge >= 0.3 is 12.0 Å². The number of anilines is 1. The van der Waals surface area contributed by atoms with E-state index in [-0.39, 0.29) is 11.3 Å². The molecule has 2 atom stereocenters. The number of benzene rings is 1. The first-order valence-electron chi connectivity index (χ1n) is 11.0. The van der Waals surface area contributed by atoms with Gasteiger partial charge < -0.3 is 15.4 Å². The van der Waals surface area contributed by atoms with E-state index in [9.17, 15) is 19.2 Å². The molecule has 1 aromatic carbocycles. The zero-order valence-corrected chi connectivity index (χ0v) is 19.8. The van der Waals surface area contributed by atoms with E-state index in [1.165, 1.54) is 0 Å². The van der Waals surface area contributed by atoms with Crippen molar-refractivity contribution in [2.24, 2.45) is 11.3 Å². The van der Waals surface area contributed by atoms with Gasteiger partial charge in [0, 0.05) is 5.69 Å². The van der Waals surface area contributed by atoms with Gasteiger partial charge in [-0.05, 0) is 62.5 Å². The number of carbonyl (C=O) groups excluding carboxylic acids is 4. The molecule has 1 spiro atoms. The van der Waals surface area contributed by atoms with Gasteiger partial charge in [0.05, 0.1) is 0 Å². The molecule has 1 saturated carbocycles. The average Bonchev–Trinajstić information content (AvgIpc) is 2.84. The fourth-order valence-electron chi connectivity index (χ4n) is 5.52. The predicted molar refractivity (Wildman–Crippen MR) is 120 cm³/mol. The molecule has 2 aliphatic rings. The molecule has 2 fully saturated rings. The standard InChI is InChI=1S/C24H33N3O5/c1-14-7-16(3)20(17(4)8-14)25-18(28)12-32-19(29)11-27-21(30)24(26-22(27)31)10-15(2)9-23(5,6)13-24/h7-8,15H,9-13H2,1-6H3,(H,25,28)(H,26,31)/t15-,24-/m1/s1. The van der Waals surface area contributed by atoms with Crippen LogP contribution in [0.1, 0.15) is 56.7 Å². The molecule has 8 nitrogen and oxygen atoms in total. The molecule has 1 saturated heterocycles. The Balaban J connectivity index is 1.58. The summed E-state index contributed by atoms with van der Waals surface area (Å²) in [5.74, 6) is -1.41. The highest BCUT2D eigenvalue weighted by molar-refractivity contribution is 6.09. The van der Waals surface area contributed by atoms with E-state index >= 15 is 0 Å². The van der Waals surface area contributed by atoms with Crippen molar-refractivity contribution >= 4 is 29.5 Å². The van der Waals surface area contributed by atoms with Crippen molar-refractivity contribution in [3.63, 3.8) is 0 Å². The number of nitrogens with one attached hydrogen (secondary N) is 2. The molecule has 0 radical (unpaired) electrons. The summed E-state index contributed by atoms with van der Waals surface area (Å²) < 4.78 is 5.05. The maximum atomic E-state index is 13.1. The normalized spacial score (nSPS) is 24.4. The lowest BCUT2D eigenvalue weighted by Crippen LogP contribution is -2.54. The Morgan fingerprint density at radius 3 is 2.38 bits per heavy atom. The van der Waals surface area contributed by atoms with Crippen LogP contribution in [0.2, 0.25) is 0 Å². The molecule has 1 aliphatic carbocycles. The van der Waals surface area contributed by atoms with E-state index < -0.39 is 42.5 Å². The molecule has 0 bridgehead atoms. The number of rotatable bonds is 5. The van der Waals surface area contributed by atoms with E-state index in [0.717, 1.165) is 28.0 Å². The summed E-state index contributed by atoms with van der Waals surface area (Å²) >= 11 is 0. The van der Waals surface area contributed by atoms with E-state index in [2.05, 4.69) is 31.4 Å². The molecular formula is C24H33N3O5. The first kappa shape index (κ1) is 23.8. The molecule has 32 heavy (non-hydrogen) atoms. The van der Waals surface area contributed by atoms with Crippen LogP contribution in [-0.2, 0) is 19.1 Å². The van der Waals surface area contributed by atoms with Crippen LogP contribution in [0.5, 0.6) is 0 Å². The number of urea groups is 1. The second-order valence-corrected chi connectivity index (χ2v) is 10.2. The van der Waals surface area contributed by atoms with Crippen LogP contribution in [0, 0.1) is 32.1 Å². The number of amides is 4. The van der Waals surface area contributed by atoms with Crippen molar-refractivity contribution < 1.29 is 23.9 Å². The van der Waals surface area contributed by atoms with Crippen molar-refractivity contribution in [2.45, 2.75) is 66.3 Å². The van der Waals surface area contributed by atoms with E-state index in [0.29, 0.717) is 18.5 Å². The molecule has 1 heterocycles. The summed E-state index contributed by atoms with van der Waals surface area (Å²) in [6.45, 7) is 11.0. The minimum absolute atomic E-state index is 0.0958. The Bertz CT molecular complexity index is 947. The Morgan fingerprint density at radius 1 is 1.16 bits per heavy atom. The highest BCUT2D eigenvalue weighted by atomic mass is 16.5. The molecule has 4 amide bonds. The fourth-order valence-corrected chi connectivity index (χ4v) is 5.52. The lowest BCUT2D eigenvalue weighted by molar-refractivity contribution is -0.150. The van der Waals surface area contributed by atoms with Crippen LogP contribution in [0.3, 0.4) is 0 Å². The SMILES string of the molecule is Cc1cc(C)c(NC(=O)COC(=O)CN2C(=O)N[C@@]3(C[C@H](C)CC(C)(C)C3)C2=O)c(C)c1. The van der Waals surface area contributed by atoms with Crippen molar-refractivity contribution in [3.8, 4) is 0 Å². The van der Waals surface area contributed by atoms with Gasteiger partial charge in [0.25, 0.3) is 11.8 Å². The summed E-state index contributed by atoms with van der Waals surface area (Å²) in [6.07, 6.45) is 2.04. The van der Waals surface area contributed by atoms with Crippen LogP contribution < -0.4 is 10.6 Å². The van der Waals surface area contributed by atoms with Gasteiger partial charge in [-0.25, -0.2) is 4.79 Å². The molecule has 8 heteroatoms. The molecule has 0 unspecified atom stereocenters. The Kier molecular flexibility index (Phi) is 6.36. The minimum Gasteiger partial charge on any atom is -0.454 e. The van der Waals surface area contributed by atoms with Crippen LogP contribution in [0.4, 0.5) is 10.5 Å². The van der Waals surface area contributed by atoms with Crippen LogP contribution in [0.15, 0.2) is 12.1 Å². The van der Waals surface area contributed by atoms with Crippen LogP contribution >= 0.6 is 0 Å². The number of carbonyl (C=O) groups is 4. The number of hydrogen-bond donors (Lipinski definition) is 2. The zero-order valence-electron chi connectivity index (χ0n) is 19.8. The number of nitrogens with zero attached hydrogens (tertiary/aromatic N) is 1. The topological polar surface area (TPSA) is 105 Å². The maximum absolute atomic E-state index is 13.1. The summed E-state index contributed by atoms with van der Waals surface area (Å²) in [6, 6.07) is 3.32. The Labute approximate surface area is 189 Å². The zero-order chi connectivity index (χ0) is 23.8. The Hall–Kier alpha value is -2.90. The number of esters is 1. The van der Waals surface area contributed by atoms with E-state index in [1.807, 2.05) is 32.9 Å². The highest BCUT2D eigenvalue weighted by Crippen LogP contribution is 2.46. The molecule has 174 valence electrons. The van der Waals surface area contributed by atoms with Crippen LogP contribution in [-0.4, -0.2) is 47.4 Å². The molecule has 2 N–H and O–H groups in total. The van der Waals surface area contributed by atoms with Gasteiger partial charge in [0.2, 0.25) is 0 Å². The molecular weight excluding hydrogens is 410 g/mol. The van der Waals surface area contributed by atoms with Gasteiger partial charge in [0.1, 0.15) is 12.1 Å². The number of hydrogen-bond acceptors (Lipinski definition) is 5. The van der Waals surface area contributed by atoms with Gasteiger partial charge in [-0.1, -0.05) is 38.5 Å². The molecule has 3 rings (SSSR count). The largest absolute Gasteiger partial charge is 0.454 e. The monoisotopic (exact) mass is 443 g/mol. The van der Waals surface area contributed by atoms with Gasteiger partial charge in [-0.2, -0.15) is 0 Å². The molecule has 0 aromatic heterocycles. The predicted octanol–water partition coefficient (Wildman–Crippen LogP) is 3.23. The van der Waals surface area contributed by atoms with Gasteiger partial charge in [-0.15, -0.1) is 0 Å². The summed E-state index contributed by atoms with van der Waals surface area (Å²) in [7, 11) is 0. The maximum Gasteiger partial charge on any atom is 0.326 e. The van der Waals surface area contributed by atoms with Gasteiger partial charge in [-0.3, -0.25) is 19.3 Å². The summed E-state index contributed by atoms with van der Waals surface area (Å²) in [4.78, 5) is 51.1. The number of ether oxygens (including phenoxy) is 1. The summed E-state index contributed by atoms with van der Waals surface area (Å²) in [5, 5.41) is 5.58. The second-order valence-electron chi connectivity index (χ2n) is 10.2. The smallest absolute Gasteiger partial charge is 0.326 e. The van der Waals surface area contributed by atoms with Crippen LogP contribution in [0.25, 0.3) is 0 Å². The average molecular weight is 444 g/mol.